The predicted octanol–water partition coefficient (Wildman–Crippen LogP) is 9.02. The Morgan fingerprint density at radius 1 is 0.564 bits per heavy atom. The summed E-state index contributed by atoms with van der Waals surface area (Å²) in [4.78, 5) is 4.85. The topological polar surface area (TPSA) is 17.8 Å². The first-order chi connectivity index (χ1) is 19.2. The highest BCUT2D eigenvalue weighted by Gasteiger charge is 2.12. The molecule has 0 aliphatic heterocycles. The quantitative estimate of drug-likeness (QED) is 0.217. The van der Waals surface area contributed by atoms with Crippen LogP contribution in [0.4, 0.5) is 0 Å². The molecule has 0 N–H and O–H groups in total. The SMILES string of the molecule is Cc1cc(-c2ccc3ccccc3n2)ccc1C#Cc1ccc(-n2c3ccccc3c3ccccc32)cc1C. The van der Waals surface area contributed by atoms with E-state index in [1.165, 1.54) is 21.8 Å². The van der Waals surface area contributed by atoms with Gasteiger partial charge in [0.2, 0.25) is 0 Å². The maximum Gasteiger partial charge on any atom is 0.0709 e. The summed E-state index contributed by atoms with van der Waals surface area (Å²) < 4.78 is 2.35. The fraction of sp³-hybridized carbons (Fsp3) is 0.0541. The summed E-state index contributed by atoms with van der Waals surface area (Å²) >= 11 is 0. The van der Waals surface area contributed by atoms with Gasteiger partial charge in [-0.2, -0.15) is 0 Å². The van der Waals surface area contributed by atoms with Gasteiger partial charge in [-0.3, -0.25) is 0 Å². The van der Waals surface area contributed by atoms with Crippen LogP contribution in [0.15, 0.2) is 121 Å². The number of hydrogen-bond donors (Lipinski definition) is 0. The summed E-state index contributed by atoms with van der Waals surface area (Å²) in [6.45, 7) is 4.26. The lowest BCUT2D eigenvalue weighted by molar-refractivity contribution is 1.17. The lowest BCUT2D eigenvalue weighted by atomic mass is 10.0. The normalized spacial score (nSPS) is 11.1. The maximum atomic E-state index is 4.85. The number of nitrogens with zero attached hydrogens (tertiary/aromatic N) is 2. The highest BCUT2D eigenvalue weighted by atomic mass is 15.0. The molecule has 184 valence electrons. The van der Waals surface area contributed by atoms with E-state index in [0.29, 0.717) is 0 Å². The number of para-hydroxylation sites is 3. The molecule has 7 aromatic rings. The summed E-state index contributed by atoms with van der Waals surface area (Å²) in [7, 11) is 0. The Morgan fingerprint density at radius 2 is 1.18 bits per heavy atom. The molecule has 0 unspecified atom stereocenters. The third kappa shape index (κ3) is 4.06. The Labute approximate surface area is 228 Å². The Bertz CT molecular complexity index is 2050. The first-order valence-electron chi connectivity index (χ1n) is 13.2. The third-order valence-corrected chi connectivity index (χ3v) is 7.50. The zero-order valence-electron chi connectivity index (χ0n) is 21.9. The number of pyridine rings is 1. The molecule has 0 radical (unpaired) electrons. The van der Waals surface area contributed by atoms with Crippen molar-refractivity contribution in [1.82, 2.24) is 9.55 Å². The van der Waals surface area contributed by atoms with Crippen LogP contribution in [0, 0.1) is 25.7 Å². The van der Waals surface area contributed by atoms with Crippen LogP contribution in [0.5, 0.6) is 0 Å². The van der Waals surface area contributed by atoms with Crippen LogP contribution >= 0.6 is 0 Å². The molecular formula is C37H26N2. The number of fused-ring (bicyclic) bond motifs is 4. The van der Waals surface area contributed by atoms with Gasteiger partial charge in [-0.05, 0) is 79.6 Å². The first-order valence-corrected chi connectivity index (χ1v) is 13.2. The summed E-state index contributed by atoms with van der Waals surface area (Å²) in [5.74, 6) is 6.84. The molecule has 2 heterocycles. The van der Waals surface area contributed by atoms with E-state index >= 15 is 0 Å². The van der Waals surface area contributed by atoms with Crippen molar-refractivity contribution in [3.63, 3.8) is 0 Å². The van der Waals surface area contributed by atoms with Crippen LogP contribution in [0.3, 0.4) is 0 Å². The molecular weight excluding hydrogens is 472 g/mol. The predicted molar refractivity (Wildman–Crippen MR) is 163 cm³/mol. The highest BCUT2D eigenvalue weighted by Crippen LogP contribution is 2.32. The number of benzene rings is 5. The lowest BCUT2D eigenvalue weighted by Crippen LogP contribution is -1.95. The minimum atomic E-state index is 0.979. The molecule has 0 fully saturated rings. The highest BCUT2D eigenvalue weighted by molar-refractivity contribution is 6.09. The van der Waals surface area contributed by atoms with Crippen molar-refractivity contribution >= 4 is 32.7 Å². The van der Waals surface area contributed by atoms with E-state index < -0.39 is 0 Å². The van der Waals surface area contributed by atoms with Crippen molar-refractivity contribution in [2.24, 2.45) is 0 Å². The fourth-order valence-corrected chi connectivity index (χ4v) is 5.45. The Kier molecular flexibility index (Phi) is 5.50. The molecule has 0 aliphatic rings. The van der Waals surface area contributed by atoms with E-state index in [0.717, 1.165) is 50.1 Å². The average Bonchev–Trinajstić information content (AvgIpc) is 3.31. The van der Waals surface area contributed by atoms with Crippen molar-refractivity contribution in [2.75, 3.05) is 0 Å². The molecule has 0 atom stereocenters. The van der Waals surface area contributed by atoms with Crippen molar-refractivity contribution < 1.29 is 0 Å². The first kappa shape index (κ1) is 23.0. The van der Waals surface area contributed by atoms with E-state index in [4.69, 9.17) is 4.98 Å². The summed E-state index contributed by atoms with van der Waals surface area (Å²) in [6, 6.07) is 42.6. The standard InChI is InChI=1S/C37H26N2/c1-25-23-30(35-22-20-29-9-3-6-12-34(29)38-35)18-17-27(25)15-16-28-19-21-31(24-26(28)2)39-36-13-7-4-10-32(36)33-11-5-8-14-37(33)39/h3-14,17-24H,1-2H3. The van der Waals surface area contributed by atoms with Gasteiger partial charge < -0.3 is 4.57 Å². The van der Waals surface area contributed by atoms with Crippen LogP contribution in [-0.4, -0.2) is 9.55 Å². The van der Waals surface area contributed by atoms with Crippen LogP contribution in [0.2, 0.25) is 0 Å². The summed E-state index contributed by atoms with van der Waals surface area (Å²) in [6.07, 6.45) is 0. The molecule has 0 amide bonds. The van der Waals surface area contributed by atoms with E-state index in [1.807, 2.05) is 12.1 Å². The number of hydrogen-bond acceptors (Lipinski definition) is 1. The molecule has 2 nitrogen and oxygen atoms in total. The second-order valence-corrected chi connectivity index (χ2v) is 10.0. The third-order valence-electron chi connectivity index (χ3n) is 7.50. The molecule has 0 aliphatic carbocycles. The monoisotopic (exact) mass is 498 g/mol. The van der Waals surface area contributed by atoms with Crippen molar-refractivity contribution in [1.29, 1.82) is 0 Å². The van der Waals surface area contributed by atoms with Gasteiger partial charge in [-0.1, -0.05) is 78.6 Å². The van der Waals surface area contributed by atoms with E-state index in [-0.39, 0.29) is 0 Å². The van der Waals surface area contributed by atoms with E-state index in [2.05, 4.69) is 139 Å². The van der Waals surface area contributed by atoms with Crippen LogP contribution in [0.1, 0.15) is 22.3 Å². The molecule has 2 heteroatoms. The molecule has 2 aromatic heterocycles. The second-order valence-electron chi connectivity index (χ2n) is 10.0. The van der Waals surface area contributed by atoms with Crippen molar-refractivity contribution in [2.45, 2.75) is 13.8 Å². The molecule has 0 saturated carbocycles. The average molecular weight is 499 g/mol. The second kappa shape index (κ2) is 9.31. The van der Waals surface area contributed by atoms with E-state index in [9.17, 15) is 0 Å². The van der Waals surface area contributed by atoms with Gasteiger partial charge in [0.1, 0.15) is 0 Å². The lowest BCUT2D eigenvalue weighted by Gasteiger charge is -2.10. The Hall–Kier alpha value is -5.13. The summed E-state index contributed by atoms with van der Waals surface area (Å²) in [5.41, 5.74) is 11.1. The zero-order valence-corrected chi connectivity index (χ0v) is 21.9. The Morgan fingerprint density at radius 3 is 1.87 bits per heavy atom. The van der Waals surface area contributed by atoms with Gasteiger partial charge >= 0.3 is 0 Å². The van der Waals surface area contributed by atoms with Gasteiger partial charge in [0.05, 0.1) is 22.2 Å². The molecule has 39 heavy (non-hydrogen) atoms. The van der Waals surface area contributed by atoms with Crippen LogP contribution in [0.25, 0.3) is 49.7 Å². The molecule has 0 spiro atoms. The van der Waals surface area contributed by atoms with Crippen LogP contribution < -0.4 is 0 Å². The summed E-state index contributed by atoms with van der Waals surface area (Å²) in [5, 5.41) is 3.69. The number of rotatable bonds is 2. The van der Waals surface area contributed by atoms with Gasteiger partial charge in [0.15, 0.2) is 0 Å². The van der Waals surface area contributed by atoms with Gasteiger partial charge in [0, 0.05) is 38.5 Å². The minimum Gasteiger partial charge on any atom is -0.309 e. The largest absolute Gasteiger partial charge is 0.309 e. The Balaban J connectivity index is 1.22. The molecule has 5 aromatic carbocycles. The molecule has 0 bridgehead atoms. The molecule has 0 saturated heterocycles. The minimum absolute atomic E-state index is 0.979. The van der Waals surface area contributed by atoms with Gasteiger partial charge in [-0.25, -0.2) is 4.98 Å². The van der Waals surface area contributed by atoms with Gasteiger partial charge in [-0.15, -0.1) is 0 Å². The number of aryl methyl sites for hydroxylation is 2. The fourth-order valence-electron chi connectivity index (χ4n) is 5.45. The molecule has 7 rings (SSSR count). The van der Waals surface area contributed by atoms with Crippen molar-refractivity contribution in [3.8, 4) is 28.8 Å². The zero-order chi connectivity index (χ0) is 26.3. The van der Waals surface area contributed by atoms with Gasteiger partial charge in [0.25, 0.3) is 0 Å². The van der Waals surface area contributed by atoms with E-state index in [1.54, 1.807) is 0 Å². The maximum absolute atomic E-state index is 4.85. The van der Waals surface area contributed by atoms with Crippen LogP contribution in [-0.2, 0) is 0 Å². The smallest absolute Gasteiger partial charge is 0.0709 e. The number of aromatic nitrogens is 2. The van der Waals surface area contributed by atoms with Crippen molar-refractivity contribution in [3.05, 3.63) is 144 Å².